The maximum absolute atomic E-state index is 14.1. The lowest BCUT2D eigenvalue weighted by Crippen LogP contribution is -2.56. The smallest absolute Gasteiger partial charge is 0.233 e. The lowest BCUT2D eigenvalue weighted by Gasteiger charge is -2.45. The number of rotatable bonds is 5. The SMILES string of the molecule is COc1ccc(C2(C(=O)N3CCC[C@]4(C[C@@H](Oc5cccc(F)c5)CO4)C3)CCOCC2)cc1. The zero-order chi connectivity index (χ0) is 23.6. The molecule has 3 aliphatic heterocycles. The Morgan fingerprint density at radius 3 is 2.62 bits per heavy atom. The molecule has 0 unspecified atom stereocenters. The first-order valence-electron chi connectivity index (χ1n) is 12.1. The summed E-state index contributed by atoms with van der Waals surface area (Å²) in [7, 11) is 1.64. The van der Waals surface area contributed by atoms with Crippen LogP contribution in [0.3, 0.4) is 0 Å². The fraction of sp³-hybridized carbons (Fsp3) is 0.519. The van der Waals surface area contributed by atoms with Gasteiger partial charge in [-0.2, -0.15) is 0 Å². The van der Waals surface area contributed by atoms with Gasteiger partial charge in [-0.15, -0.1) is 0 Å². The van der Waals surface area contributed by atoms with Crippen LogP contribution < -0.4 is 9.47 Å². The van der Waals surface area contributed by atoms with Gasteiger partial charge in [0.05, 0.1) is 24.7 Å². The average Bonchev–Trinajstić information content (AvgIpc) is 3.25. The van der Waals surface area contributed by atoms with Crippen LogP contribution in [0.5, 0.6) is 11.5 Å². The second kappa shape index (κ2) is 9.55. The number of methoxy groups -OCH3 is 1. The number of carbonyl (C=O) groups excluding carboxylic acids is 1. The van der Waals surface area contributed by atoms with Crippen molar-refractivity contribution in [1.29, 1.82) is 0 Å². The molecule has 2 aromatic carbocycles. The number of nitrogens with zero attached hydrogens (tertiary/aromatic N) is 1. The van der Waals surface area contributed by atoms with Crippen molar-refractivity contribution in [3.05, 3.63) is 59.9 Å². The van der Waals surface area contributed by atoms with Crippen LogP contribution >= 0.6 is 0 Å². The van der Waals surface area contributed by atoms with Gasteiger partial charge in [0, 0.05) is 38.8 Å². The minimum absolute atomic E-state index is 0.151. The first kappa shape index (κ1) is 23.1. The van der Waals surface area contributed by atoms with E-state index in [0.29, 0.717) is 51.4 Å². The average molecular weight is 470 g/mol. The van der Waals surface area contributed by atoms with Crippen molar-refractivity contribution in [2.75, 3.05) is 40.0 Å². The van der Waals surface area contributed by atoms with E-state index < -0.39 is 11.0 Å². The van der Waals surface area contributed by atoms with Gasteiger partial charge in [-0.3, -0.25) is 4.79 Å². The minimum Gasteiger partial charge on any atom is -0.497 e. The first-order chi connectivity index (χ1) is 16.5. The van der Waals surface area contributed by atoms with Gasteiger partial charge in [-0.25, -0.2) is 4.39 Å². The van der Waals surface area contributed by atoms with Crippen LogP contribution in [0.25, 0.3) is 0 Å². The standard InChI is InChI=1S/C27H32FNO5/c1-31-22-8-6-20(7-9-22)27(11-14-32-15-12-27)25(30)29-13-3-10-26(19-29)17-24(18-33-26)34-23-5-2-4-21(28)16-23/h2,4-9,16,24H,3,10-15,17-19H2,1H3/t24-,26+/m1/s1. The minimum atomic E-state index is -0.598. The van der Waals surface area contributed by atoms with E-state index >= 15 is 0 Å². The molecule has 0 aromatic heterocycles. The summed E-state index contributed by atoms with van der Waals surface area (Å²) in [6, 6.07) is 14.1. The number of piperidine rings is 1. The normalized spacial score (nSPS) is 26.4. The molecule has 0 bridgehead atoms. The molecule has 7 heteroatoms. The molecule has 2 aromatic rings. The predicted octanol–water partition coefficient (Wildman–Crippen LogP) is 4.11. The molecule has 5 rings (SSSR count). The molecule has 2 atom stereocenters. The molecule has 3 aliphatic rings. The fourth-order valence-corrected chi connectivity index (χ4v) is 5.73. The van der Waals surface area contributed by atoms with Gasteiger partial charge in [0.2, 0.25) is 5.91 Å². The number of amides is 1. The van der Waals surface area contributed by atoms with Gasteiger partial charge < -0.3 is 23.8 Å². The van der Waals surface area contributed by atoms with Gasteiger partial charge in [-0.05, 0) is 55.5 Å². The Labute approximate surface area is 199 Å². The lowest BCUT2D eigenvalue weighted by atomic mass is 9.72. The number of ether oxygens (including phenoxy) is 4. The highest BCUT2D eigenvalue weighted by molar-refractivity contribution is 5.88. The number of hydrogen-bond donors (Lipinski definition) is 0. The second-order valence-corrected chi connectivity index (χ2v) is 9.65. The van der Waals surface area contributed by atoms with Crippen molar-refractivity contribution in [3.63, 3.8) is 0 Å². The van der Waals surface area contributed by atoms with Gasteiger partial charge in [0.1, 0.15) is 23.4 Å². The van der Waals surface area contributed by atoms with Gasteiger partial charge >= 0.3 is 0 Å². The Morgan fingerprint density at radius 1 is 1.09 bits per heavy atom. The van der Waals surface area contributed by atoms with Crippen LogP contribution in [0, 0.1) is 5.82 Å². The molecule has 0 aliphatic carbocycles. The highest BCUT2D eigenvalue weighted by atomic mass is 19.1. The molecular weight excluding hydrogens is 437 g/mol. The van der Waals surface area contributed by atoms with Crippen LogP contribution in [0.2, 0.25) is 0 Å². The molecule has 182 valence electrons. The summed E-state index contributed by atoms with van der Waals surface area (Å²) in [6.07, 6.45) is 3.62. The maximum Gasteiger partial charge on any atom is 0.233 e. The molecule has 3 fully saturated rings. The Kier molecular flexibility index (Phi) is 6.49. The summed E-state index contributed by atoms with van der Waals surface area (Å²) in [5, 5.41) is 0. The number of benzene rings is 2. The summed E-state index contributed by atoms with van der Waals surface area (Å²) in [5.74, 6) is 1.12. The topological polar surface area (TPSA) is 57.2 Å². The molecule has 1 spiro atoms. The van der Waals surface area contributed by atoms with E-state index in [2.05, 4.69) is 0 Å². The van der Waals surface area contributed by atoms with Crippen molar-refractivity contribution in [3.8, 4) is 11.5 Å². The first-order valence-corrected chi connectivity index (χ1v) is 12.1. The summed E-state index contributed by atoms with van der Waals surface area (Å²) >= 11 is 0. The van der Waals surface area contributed by atoms with Crippen LogP contribution in [-0.2, 0) is 19.7 Å². The van der Waals surface area contributed by atoms with E-state index in [0.717, 1.165) is 30.7 Å². The number of hydrogen-bond acceptors (Lipinski definition) is 5. The Hall–Kier alpha value is -2.64. The van der Waals surface area contributed by atoms with E-state index in [9.17, 15) is 9.18 Å². The van der Waals surface area contributed by atoms with Crippen molar-refractivity contribution in [1.82, 2.24) is 4.90 Å². The van der Waals surface area contributed by atoms with E-state index in [1.165, 1.54) is 12.1 Å². The largest absolute Gasteiger partial charge is 0.497 e. The molecule has 3 saturated heterocycles. The Morgan fingerprint density at radius 2 is 1.88 bits per heavy atom. The van der Waals surface area contributed by atoms with E-state index in [1.807, 2.05) is 29.2 Å². The second-order valence-electron chi connectivity index (χ2n) is 9.65. The molecule has 34 heavy (non-hydrogen) atoms. The molecule has 0 radical (unpaired) electrons. The van der Waals surface area contributed by atoms with Crippen LogP contribution in [0.1, 0.15) is 37.7 Å². The molecule has 1 amide bonds. The zero-order valence-corrected chi connectivity index (χ0v) is 19.6. The van der Waals surface area contributed by atoms with E-state index in [4.69, 9.17) is 18.9 Å². The monoisotopic (exact) mass is 469 g/mol. The van der Waals surface area contributed by atoms with Gasteiger partial charge in [0.25, 0.3) is 0 Å². The van der Waals surface area contributed by atoms with Crippen LogP contribution in [-0.4, -0.2) is 62.5 Å². The highest BCUT2D eigenvalue weighted by Crippen LogP contribution is 2.41. The molecule has 6 nitrogen and oxygen atoms in total. The van der Waals surface area contributed by atoms with Crippen molar-refractivity contribution >= 4 is 5.91 Å². The van der Waals surface area contributed by atoms with Gasteiger partial charge in [0.15, 0.2) is 0 Å². The molecular formula is C27H32FNO5. The van der Waals surface area contributed by atoms with Crippen LogP contribution in [0.15, 0.2) is 48.5 Å². The summed E-state index contributed by atoms with van der Waals surface area (Å²) in [6.45, 7) is 2.84. The molecule has 3 heterocycles. The third kappa shape index (κ3) is 4.51. The Balaban J connectivity index is 1.32. The number of likely N-dealkylation sites (tertiary alicyclic amines) is 1. The molecule has 0 N–H and O–H groups in total. The van der Waals surface area contributed by atoms with Crippen molar-refractivity contribution in [2.24, 2.45) is 0 Å². The summed E-state index contributed by atoms with van der Waals surface area (Å²) < 4.78 is 36.8. The maximum atomic E-state index is 14.1. The predicted molar refractivity (Wildman–Crippen MR) is 125 cm³/mol. The molecule has 0 saturated carbocycles. The van der Waals surface area contributed by atoms with E-state index in [-0.39, 0.29) is 17.8 Å². The third-order valence-electron chi connectivity index (χ3n) is 7.50. The quantitative estimate of drug-likeness (QED) is 0.660. The number of halogens is 1. The third-order valence-corrected chi connectivity index (χ3v) is 7.50. The fourth-order valence-electron chi connectivity index (χ4n) is 5.73. The lowest BCUT2D eigenvalue weighted by molar-refractivity contribution is -0.149. The van der Waals surface area contributed by atoms with Crippen molar-refractivity contribution < 1.29 is 28.1 Å². The Bertz CT molecular complexity index is 1010. The number of carbonyl (C=O) groups is 1. The summed E-state index contributed by atoms with van der Waals surface area (Å²) in [4.78, 5) is 16.1. The highest BCUT2D eigenvalue weighted by Gasteiger charge is 2.50. The van der Waals surface area contributed by atoms with Gasteiger partial charge in [-0.1, -0.05) is 18.2 Å². The van der Waals surface area contributed by atoms with Crippen LogP contribution in [0.4, 0.5) is 4.39 Å². The summed E-state index contributed by atoms with van der Waals surface area (Å²) in [5.41, 5.74) is -0.00188. The van der Waals surface area contributed by atoms with E-state index in [1.54, 1.807) is 19.2 Å². The van der Waals surface area contributed by atoms with Crippen molar-refractivity contribution in [2.45, 2.75) is 49.2 Å². The zero-order valence-electron chi connectivity index (χ0n) is 19.6.